The number of fused-ring (bicyclic) bond motifs is 2. The molecule has 0 atom stereocenters. The molecule has 23 heavy (non-hydrogen) atoms. The average Bonchev–Trinajstić information content (AvgIpc) is 2.85. The Morgan fingerprint density at radius 2 is 1.96 bits per heavy atom. The maximum absolute atomic E-state index is 9.73. The minimum atomic E-state index is 0.269. The van der Waals surface area contributed by atoms with E-state index in [1.165, 1.54) is 22.5 Å². The normalized spacial score (nSPS) is 15.0. The van der Waals surface area contributed by atoms with Gasteiger partial charge in [-0.2, -0.15) is 0 Å². The van der Waals surface area contributed by atoms with Crippen LogP contribution in [0, 0.1) is 0 Å². The standard InChI is InChI=1S/C19H16N2OS/c20-19-21-17-9-8-13-5-1-2-7-15(13)16(18(17)23-19)11-12-4-3-6-14(22)10-12/h1-7,10-11,22H,8-9H2,(H2,20,21). The van der Waals surface area contributed by atoms with Crippen LogP contribution in [0.5, 0.6) is 5.75 Å². The zero-order valence-corrected chi connectivity index (χ0v) is 13.3. The lowest BCUT2D eigenvalue weighted by molar-refractivity contribution is 0.475. The number of nitrogen functional groups attached to an aromatic ring is 1. The van der Waals surface area contributed by atoms with E-state index in [1.807, 2.05) is 12.1 Å². The lowest BCUT2D eigenvalue weighted by Crippen LogP contribution is -1.92. The molecule has 1 aliphatic carbocycles. The zero-order valence-electron chi connectivity index (χ0n) is 12.5. The van der Waals surface area contributed by atoms with Gasteiger partial charge in [0.25, 0.3) is 0 Å². The molecule has 0 amide bonds. The van der Waals surface area contributed by atoms with Crippen LogP contribution in [0.15, 0.2) is 48.5 Å². The summed E-state index contributed by atoms with van der Waals surface area (Å²) >= 11 is 1.53. The third-order valence-electron chi connectivity index (χ3n) is 4.08. The molecule has 1 aromatic heterocycles. The van der Waals surface area contributed by atoms with Gasteiger partial charge in [0.1, 0.15) is 5.75 Å². The Labute approximate surface area is 138 Å². The summed E-state index contributed by atoms with van der Waals surface area (Å²) in [6.45, 7) is 0. The lowest BCUT2D eigenvalue weighted by atomic mass is 9.97. The Bertz CT molecular complexity index is 911. The molecule has 3 aromatic rings. The van der Waals surface area contributed by atoms with Gasteiger partial charge >= 0.3 is 0 Å². The minimum Gasteiger partial charge on any atom is -0.508 e. The number of hydrogen-bond donors (Lipinski definition) is 2. The number of aromatic hydroxyl groups is 1. The summed E-state index contributed by atoms with van der Waals surface area (Å²) in [5.74, 6) is 0.269. The van der Waals surface area contributed by atoms with E-state index in [-0.39, 0.29) is 5.75 Å². The van der Waals surface area contributed by atoms with Crippen molar-refractivity contribution in [1.82, 2.24) is 4.98 Å². The van der Waals surface area contributed by atoms with E-state index in [0.717, 1.165) is 34.5 Å². The summed E-state index contributed by atoms with van der Waals surface area (Å²) in [5, 5.41) is 10.3. The molecule has 0 saturated carbocycles. The third kappa shape index (κ3) is 2.62. The van der Waals surface area contributed by atoms with E-state index in [0.29, 0.717) is 5.13 Å². The molecule has 0 aliphatic heterocycles. The van der Waals surface area contributed by atoms with Gasteiger partial charge in [0.15, 0.2) is 5.13 Å². The van der Waals surface area contributed by atoms with Crippen LogP contribution in [0.4, 0.5) is 5.13 Å². The van der Waals surface area contributed by atoms with Gasteiger partial charge in [0.2, 0.25) is 0 Å². The van der Waals surface area contributed by atoms with Gasteiger partial charge in [-0.25, -0.2) is 4.98 Å². The molecular weight excluding hydrogens is 304 g/mol. The minimum absolute atomic E-state index is 0.269. The summed E-state index contributed by atoms with van der Waals surface area (Å²) < 4.78 is 0. The van der Waals surface area contributed by atoms with Crippen molar-refractivity contribution in [3.05, 3.63) is 75.8 Å². The van der Waals surface area contributed by atoms with E-state index in [9.17, 15) is 5.11 Å². The van der Waals surface area contributed by atoms with Gasteiger partial charge in [-0.15, -0.1) is 0 Å². The van der Waals surface area contributed by atoms with Crippen molar-refractivity contribution in [3.8, 4) is 5.75 Å². The van der Waals surface area contributed by atoms with E-state index in [2.05, 4.69) is 35.3 Å². The number of rotatable bonds is 1. The fraction of sp³-hybridized carbons (Fsp3) is 0.105. The quantitative estimate of drug-likeness (QED) is 0.709. The Morgan fingerprint density at radius 3 is 2.83 bits per heavy atom. The molecule has 0 unspecified atom stereocenters. The van der Waals surface area contributed by atoms with Crippen molar-refractivity contribution in [2.24, 2.45) is 0 Å². The molecule has 0 bridgehead atoms. The van der Waals surface area contributed by atoms with Gasteiger partial charge in [-0.1, -0.05) is 47.7 Å². The van der Waals surface area contributed by atoms with Crippen molar-refractivity contribution in [2.75, 3.05) is 5.73 Å². The number of anilines is 1. The maximum Gasteiger partial charge on any atom is 0.180 e. The number of hydrogen-bond acceptors (Lipinski definition) is 4. The molecule has 0 saturated heterocycles. The highest BCUT2D eigenvalue weighted by Gasteiger charge is 2.21. The second-order valence-corrected chi connectivity index (χ2v) is 6.67. The first-order valence-corrected chi connectivity index (χ1v) is 8.37. The number of phenols is 1. The van der Waals surface area contributed by atoms with E-state index >= 15 is 0 Å². The Morgan fingerprint density at radius 1 is 1.09 bits per heavy atom. The molecule has 114 valence electrons. The molecule has 1 aliphatic rings. The van der Waals surface area contributed by atoms with Crippen LogP contribution >= 0.6 is 11.3 Å². The fourth-order valence-electron chi connectivity index (χ4n) is 3.05. The largest absolute Gasteiger partial charge is 0.508 e. The Hall–Kier alpha value is -2.59. The predicted octanol–water partition coefficient (Wildman–Crippen LogP) is 4.12. The van der Waals surface area contributed by atoms with E-state index in [4.69, 9.17) is 5.73 Å². The van der Waals surface area contributed by atoms with Gasteiger partial charge in [0.05, 0.1) is 10.6 Å². The van der Waals surface area contributed by atoms with Crippen LogP contribution in [0.3, 0.4) is 0 Å². The highest BCUT2D eigenvalue weighted by atomic mass is 32.1. The lowest BCUT2D eigenvalue weighted by Gasteiger charge is -2.09. The molecule has 0 fully saturated rings. The molecular formula is C19H16N2OS. The number of nitrogens with two attached hydrogens (primary N) is 1. The van der Waals surface area contributed by atoms with Crippen LogP contribution in [0.25, 0.3) is 11.6 Å². The van der Waals surface area contributed by atoms with Crippen LogP contribution < -0.4 is 5.73 Å². The SMILES string of the molecule is Nc1nc2c(s1)C(=Cc1cccc(O)c1)c1ccccc1CC2. The molecule has 3 N–H and O–H groups in total. The van der Waals surface area contributed by atoms with E-state index < -0.39 is 0 Å². The summed E-state index contributed by atoms with van der Waals surface area (Å²) in [7, 11) is 0. The highest BCUT2D eigenvalue weighted by molar-refractivity contribution is 7.16. The van der Waals surface area contributed by atoms with Crippen LogP contribution in [-0.4, -0.2) is 10.1 Å². The highest BCUT2D eigenvalue weighted by Crippen LogP contribution is 2.39. The van der Waals surface area contributed by atoms with Crippen molar-refractivity contribution >= 4 is 28.1 Å². The van der Waals surface area contributed by atoms with Crippen molar-refractivity contribution in [1.29, 1.82) is 0 Å². The van der Waals surface area contributed by atoms with Gasteiger partial charge in [-0.3, -0.25) is 0 Å². The van der Waals surface area contributed by atoms with Crippen LogP contribution in [0.2, 0.25) is 0 Å². The number of nitrogens with zero attached hydrogens (tertiary/aromatic N) is 1. The summed E-state index contributed by atoms with van der Waals surface area (Å²) in [5.41, 5.74) is 11.7. The third-order valence-corrected chi connectivity index (χ3v) is 5.04. The smallest absolute Gasteiger partial charge is 0.180 e. The average molecular weight is 320 g/mol. The molecule has 4 heteroatoms. The summed E-state index contributed by atoms with van der Waals surface area (Å²) in [6, 6.07) is 15.7. The van der Waals surface area contributed by atoms with Crippen molar-refractivity contribution < 1.29 is 5.11 Å². The van der Waals surface area contributed by atoms with Gasteiger partial charge in [-0.05, 0) is 47.7 Å². The first-order chi connectivity index (χ1) is 11.2. The maximum atomic E-state index is 9.73. The van der Waals surface area contributed by atoms with Crippen molar-refractivity contribution in [3.63, 3.8) is 0 Å². The molecule has 1 heterocycles. The predicted molar refractivity (Wildman–Crippen MR) is 95.5 cm³/mol. The topological polar surface area (TPSA) is 59.1 Å². The zero-order chi connectivity index (χ0) is 15.8. The number of thiazole rings is 1. The second kappa shape index (κ2) is 5.56. The molecule has 0 spiro atoms. The summed E-state index contributed by atoms with van der Waals surface area (Å²) in [4.78, 5) is 5.64. The van der Waals surface area contributed by atoms with E-state index in [1.54, 1.807) is 12.1 Å². The Kier molecular flexibility index (Phi) is 3.39. The molecule has 0 radical (unpaired) electrons. The van der Waals surface area contributed by atoms with Crippen LogP contribution in [0.1, 0.15) is 27.3 Å². The number of benzene rings is 2. The fourth-order valence-corrected chi connectivity index (χ4v) is 3.96. The number of aromatic nitrogens is 1. The number of aryl methyl sites for hydroxylation is 2. The second-order valence-electron chi connectivity index (χ2n) is 5.64. The first-order valence-electron chi connectivity index (χ1n) is 7.55. The number of phenolic OH excluding ortho intramolecular Hbond substituents is 1. The van der Waals surface area contributed by atoms with Gasteiger partial charge < -0.3 is 10.8 Å². The monoisotopic (exact) mass is 320 g/mol. The molecule has 4 rings (SSSR count). The van der Waals surface area contributed by atoms with Gasteiger partial charge in [0, 0.05) is 5.57 Å². The van der Waals surface area contributed by atoms with Crippen LogP contribution in [-0.2, 0) is 12.8 Å². The van der Waals surface area contributed by atoms with Crippen molar-refractivity contribution in [2.45, 2.75) is 12.8 Å². The molecule has 2 aromatic carbocycles. The first kappa shape index (κ1) is 14.0. The molecule has 3 nitrogen and oxygen atoms in total. The summed E-state index contributed by atoms with van der Waals surface area (Å²) in [6.07, 6.45) is 3.97. The Balaban J connectivity index is 1.96.